The fourth-order valence-electron chi connectivity index (χ4n) is 4.79. The Morgan fingerprint density at radius 2 is 1.91 bits per heavy atom. The summed E-state index contributed by atoms with van der Waals surface area (Å²) in [5.74, 6) is 0.720. The number of carbonyl (C=O) groups is 1. The van der Waals surface area contributed by atoms with Crippen molar-refractivity contribution in [1.82, 2.24) is 9.80 Å². The van der Waals surface area contributed by atoms with E-state index in [1.165, 1.54) is 42.6 Å². The number of ether oxygens (including phenoxy) is 1. The Kier molecular flexibility index (Phi) is 7.48. The van der Waals surface area contributed by atoms with Crippen LogP contribution in [0.4, 0.5) is 0 Å². The highest BCUT2D eigenvalue weighted by Gasteiger charge is 2.26. The topological polar surface area (TPSA) is 53.0 Å². The van der Waals surface area contributed by atoms with Crippen molar-refractivity contribution in [2.75, 3.05) is 26.7 Å². The first-order chi connectivity index (χ1) is 15.5. The highest BCUT2D eigenvalue weighted by atomic mass is 16.5. The number of aryl methyl sites for hydroxylation is 1. The molecule has 32 heavy (non-hydrogen) atoms. The molecule has 0 unspecified atom stereocenters. The summed E-state index contributed by atoms with van der Waals surface area (Å²) in [5, 5.41) is 9.64. The molecular formula is C27H36N2O3. The number of fused-ring (bicyclic) bond motifs is 1. The van der Waals surface area contributed by atoms with Gasteiger partial charge in [0.05, 0.1) is 6.10 Å². The predicted molar refractivity (Wildman–Crippen MR) is 127 cm³/mol. The van der Waals surface area contributed by atoms with E-state index in [9.17, 15) is 9.90 Å². The average Bonchev–Trinajstić information content (AvgIpc) is 3.34. The minimum atomic E-state index is -0.465. The highest BCUT2D eigenvalue weighted by Crippen LogP contribution is 2.27. The summed E-state index contributed by atoms with van der Waals surface area (Å²) in [4.78, 5) is 17.5. The Morgan fingerprint density at radius 1 is 1.16 bits per heavy atom. The molecule has 1 heterocycles. The summed E-state index contributed by atoms with van der Waals surface area (Å²) in [6, 6.07) is 14.4. The van der Waals surface area contributed by atoms with Gasteiger partial charge in [-0.25, -0.2) is 0 Å². The van der Waals surface area contributed by atoms with Crippen molar-refractivity contribution in [3.05, 3.63) is 64.7 Å². The molecule has 5 nitrogen and oxygen atoms in total. The molecular weight excluding hydrogens is 400 g/mol. The van der Waals surface area contributed by atoms with E-state index in [1.807, 2.05) is 43.1 Å². The number of benzene rings is 2. The smallest absolute Gasteiger partial charge is 0.253 e. The Bertz CT molecular complexity index is 906. The van der Waals surface area contributed by atoms with Crippen molar-refractivity contribution >= 4 is 5.91 Å². The molecule has 0 bridgehead atoms. The van der Waals surface area contributed by atoms with Gasteiger partial charge in [0.1, 0.15) is 12.4 Å². The van der Waals surface area contributed by atoms with Crippen LogP contribution >= 0.6 is 0 Å². The first-order valence-corrected chi connectivity index (χ1v) is 12.0. The van der Waals surface area contributed by atoms with Crippen molar-refractivity contribution in [3.63, 3.8) is 0 Å². The number of likely N-dealkylation sites (tertiary alicyclic amines) is 1. The van der Waals surface area contributed by atoms with Crippen LogP contribution in [0.5, 0.6) is 5.75 Å². The molecule has 0 aromatic heterocycles. The second kappa shape index (κ2) is 10.5. The maximum absolute atomic E-state index is 13.1. The first kappa shape index (κ1) is 22.8. The van der Waals surface area contributed by atoms with Crippen molar-refractivity contribution in [1.29, 1.82) is 0 Å². The minimum Gasteiger partial charge on any atom is -0.491 e. The largest absolute Gasteiger partial charge is 0.491 e. The van der Waals surface area contributed by atoms with Gasteiger partial charge in [-0.15, -0.1) is 0 Å². The van der Waals surface area contributed by atoms with Crippen LogP contribution in [0.2, 0.25) is 0 Å². The molecule has 0 radical (unpaired) electrons. The van der Waals surface area contributed by atoms with Crippen LogP contribution in [0.1, 0.15) is 59.7 Å². The lowest BCUT2D eigenvalue weighted by Gasteiger charge is -2.33. The number of aliphatic hydroxyl groups is 1. The summed E-state index contributed by atoms with van der Waals surface area (Å²) < 4.78 is 5.58. The van der Waals surface area contributed by atoms with Crippen LogP contribution < -0.4 is 4.74 Å². The molecule has 5 heteroatoms. The van der Waals surface area contributed by atoms with Gasteiger partial charge in [0.15, 0.2) is 0 Å². The molecule has 0 saturated carbocycles. The molecule has 1 amide bonds. The van der Waals surface area contributed by atoms with Crippen LogP contribution in [0.25, 0.3) is 0 Å². The SMILES string of the molecule is CC[C@H](O)COc1ccc(C(=O)N(C)[C@H]2CCc3cc(CN4CCCC4)ccc3C2)cc1. The Labute approximate surface area is 192 Å². The summed E-state index contributed by atoms with van der Waals surface area (Å²) >= 11 is 0. The van der Waals surface area contributed by atoms with Crippen LogP contribution in [0.3, 0.4) is 0 Å². The van der Waals surface area contributed by atoms with Gasteiger partial charge in [0.2, 0.25) is 0 Å². The number of aliphatic hydroxyl groups excluding tert-OH is 1. The summed E-state index contributed by atoms with van der Waals surface area (Å²) in [5.41, 5.74) is 4.92. The summed E-state index contributed by atoms with van der Waals surface area (Å²) in [6.07, 6.45) is 5.78. The second-order valence-electron chi connectivity index (χ2n) is 9.30. The van der Waals surface area contributed by atoms with Crippen molar-refractivity contribution in [2.24, 2.45) is 0 Å². The minimum absolute atomic E-state index is 0.0456. The first-order valence-electron chi connectivity index (χ1n) is 12.0. The van der Waals surface area contributed by atoms with Crippen molar-refractivity contribution < 1.29 is 14.6 Å². The zero-order valence-electron chi connectivity index (χ0n) is 19.4. The molecule has 1 saturated heterocycles. The fourth-order valence-corrected chi connectivity index (χ4v) is 4.79. The van der Waals surface area contributed by atoms with Crippen LogP contribution in [0.15, 0.2) is 42.5 Å². The molecule has 4 rings (SSSR count). The lowest BCUT2D eigenvalue weighted by molar-refractivity contribution is 0.0718. The number of nitrogens with zero attached hydrogens (tertiary/aromatic N) is 2. The van der Waals surface area contributed by atoms with Gasteiger partial charge in [-0.1, -0.05) is 25.1 Å². The number of carbonyl (C=O) groups excluding carboxylic acids is 1. The normalized spacial score (nSPS) is 19.4. The van der Waals surface area contributed by atoms with E-state index in [2.05, 4.69) is 23.1 Å². The lowest BCUT2D eigenvalue weighted by Crippen LogP contribution is -2.40. The van der Waals surface area contributed by atoms with Gasteiger partial charge in [-0.2, -0.15) is 0 Å². The average molecular weight is 437 g/mol. The number of likely N-dealkylation sites (N-methyl/N-ethyl adjacent to an activating group) is 1. The molecule has 2 atom stereocenters. The molecule has 1 aliphatic carbocycles. The number of rotatable bonds is 8. The number of amides is 1. The van der Waals surface area contributed by atoms with Crippen LogP contribution in [0, 0.1) is 0 Å². The maximum Gasteiger partial charge on any atom is 0.253 e. The standard InChI is InChI=1S/C27H36N2O3/c1-3-25(30)19-32-26-12-9-21(10-13-26)27(31)28(2)24-11-8-22-16-20(6-7-23(22)17-24)18-29-14-4-5-15-29/h6-7,9-10,12-13,16,24-25,30H,3-5,8,11,14-15,17-19H2,1-2H3/t24-,25-/m0/s1. The molecule has 2 aromatic carbocycles. The molecule has 2 aromatic rings. The fraction of sp³-hybridized carbons (Fsp3) is 0.519. The molecule has 1 N–H and O–H groups in total. The van der Waals surface area contributed by atoms with E-state index in [0.29, 0.717) is 17.7 Å². The van der Waals surface area contributed by atoms with Gasteiger partial charge in [-0.05, 0) is 92.6 Å². The van der Waals surface area contributed by atoms with E-state index in [0.717, 1.165) is 25.8 Å². The van der Waals surface area contributed by atoms with Gasteiger partial charge >= 0.3 is 0 Å². The Balaban J connectivity index is 1.34. The molecule has 0 spiro atoms. The van der Waals surface area contributed by atoms with Crippen molar-refractivity contribution in [3.8, 4) is 5.75 Å². The van der Waals surface area contributed by atoms with Gasteiger partial charge in [0, 0.05) is 25.2 Å². The zero-order valence-corrected chi connectivity index (χ0v) is 19.4. The van der Waals surface area contributed by atoms with E-state index >= 15 is 0 Å². The Hall–Kier alpha value is -2.37. The van der Waals surface area contributed by atoms with E-state index < -0.39 is 6.10 Å². The Morgan fingerprint density at radius 3 is 2.62 bits per heavy atom. The molecule has 2 aliphatic rings. The van der Waals surface area contributed by atoms with Gasteiger partial charge in [-0.3, -0.25) is 9.69 Å². The molecule has 1 fully saturated rings. The van der Waals surface area contributed by atoms with E-state index in [4.69, 9.17) is 4.74 Å². The second-order valence-corrected chi connectivity index (χ2v) is 9.30. The third-order valence-corrected chi connectivity index (χ3v) is 6.96. The van der Waals surface area contributed by atoms with E-state index in [1.54, 1.807) is 0 Å². The van der Waals surface area contributed by atoms with Gasteiger partial charge in [0.25, 0.3) is 5.91 Å². The van der Waals surface area contributed by atoms with Crippen LogP contribution in [-0.2, 0) is 19.4 Å². The zero-order chi connectivity index (χ0) is 22.5. The number of hydrogen-bond acceptors (Lipinski definition) is 4. The third kappa shape index (κ3) is 5.51. The molecule has 1 aliphatic heterocycles. The predicted octanol–water partition coefficient (Wildman–Crippen LogP) is 4.06. The molecule has 172 valence electrons. The number of hydrogen-bond donors (Lipinski definition) is 1. The third-order valence-electron chi connectivity index (χ3n) is 6.96. The van der Waals surface area contributed by atoms with Gasteiger partial charge < -0.3 is 14.7 Å². The highest BCUT2D eigenvalue weighted by molar-refractivity contribution is 5.94. The van der Waals surface area contributed by atoms with Crippen LogP contribution in [-0.4, -0.2) is 59.7 Å². The monoisotopic (exact) mass is 436 g/mol. The van der Waals surface area contributed by atoms with Crippen molar-refractivity contribution in [2.45, 2.75) is 64.1 Å². The summed E-state index contributed by atoms with van der Waals surface area (Å²) in [7, 11) is 1.92. The lowest BCUT2D eigenvalue weighted by atomic mass is 9.86. The summed E-state index contributed by atoms with van der Waals surface area (Å²) in [6.45, 7) is 5.69. The van der Waals surface area contributed by atoms with E-state index in [-0.39, 0.29) is 18.6 Å². The maximum atomic E-state index is 13.1. The quantitative estimate of drug-likeness (QED) is 0.678.